The summed E-state index contributed by atoms with van der Waals surface area (Å²) in [5, 5.41) is 3.73. The molecule has 1 heterocycles. The van der Waals surface area contributed by atoms with E-state index >= 15 is 0 Å². The molecule has 0 bridgehead atoms. The van der Waals surface area contributed by atoms with E-state index in [9.17, 15) is 4.79 Å². The van der Waals surface area contributed by atoms with Crippen molar-refractivity contribution >= 4 is 17.5 Å². The number of nitrogens with zero attached hydrogens (tertiary/aromatic N) is 1. The number of rotatable bonds is 6. The van der Waals surface area contributed by atoms with Gasteiger partial charge in [0.05, 0.1) is 5.92 Å². The van der Waals surface area contributed by atoms with Gasteiger partial charge in [-0.1, -0.05) is 59.6 Å². The van der Waals surface area contributed by atoms with E-state index in [2.05, 4.69) is 16.4 Å². The summed E-state index contributed by atoms with van der Waals surface area (Å²) in [6, 6.07) is 19.5. The first-order chi connectivity index (χ1) is 12.6. The number of aromatic nitrogens is 1. The lowest BCUT2D eigenvalue weighted by Gasteiger charge is -2.18. The van der Waals surface area contributed by atoms with Crippen LogP contribution in [0.4, 0.5) is 0 Å². The second kappa shape index (κ2) is 8.63. The minimum absolute atomic E-state index is 0.00215. The molecular weight excluding hydrogens is 344 g/mol. The molecule has 0 fully saturated rings. The van der Waals surface area contributed by atoms with Crippen LogP contribution in [0, 0.1) is 6.92 Å². The van der Waals surface area contributed by atoms with Gasteiger partial charge < -0.3 is 5.32 Å². The normalized spacial score (nSPS) is 11.8. The van der Waals surface area contributed by atoms with Crippen molar-refractivity contribution < 1.29 is 4.79 Å². The molecule has 1 aromatic heterocycles. The van der Waals surface area contributed by atoms with Gasteiger partial charge in [0.2, 0.25) is 5.91 Å². The maximum atomic E-state index is 12.9. The zero-order valence-corrected chi connectivity index (χ0v) is 15.4. The third-order valence-electron chi connectivity index (χ3n) is 4.30. The van der Waals surface area contributed by atoms with Gasteiger partial charge in [-0.3, -0.25) is 9.78 Å². The van der Waals surface area contributed by atoms with Crippen molar-refractivity contribution in [2.45, 2.75) is 25.8 Å². The molecule has 0 aliphatic heterocycles. The highest BCUT2D eigenvalue weighted by molar-refractivity contribution is 6.30. The SMILES string of the molecule is Cc1cccc(CNC(=O)C(Cc2cccnc2)c2ccc(Cl)cc2)c1. The van der Waals surface area contributed by atoms with E-state index in [4.69, 9.17) is 11.6 Å². The smallest absolute Gasteiger partial charge is 0.228 e. The predicted molar refractivity (Wildman–Crippen MR) is 105 cm³/mol. The van der Waals surface area contributed by atoms with E-state index in [-0.39, 0.29) is 11.8 Å². The first kappa shape index (κ1) is 18.2. The van der Waals surface area contributed by atoms with Crippen LogP contribution >= 0.6 is 11.6 Å². The molecule has 0 spiro atoms. The number of aryl methyl sites for hydroxylation is 1. The Labute approximate surface area is 159 Å². The van der Waals surface area contributed by atoms with Crippen molar-refractivity contribution in [2.75, 3.05) is 0 Å². The van der Waals surface area contributed by atoms with Crippen LogP contribution in [0.25, 0.3) is 0 Å². The summed E-state index contributed by atoms with van der Waals surface area (Å²) >= 11 is 6.00. The summed E-state index contributed by atoms with van der Waals surface area (Å²) in [6.07, 6.45) is 4.13. The molecule has 0 saturated heterocycles. The van der Waals surface area contributed by atoms with E-state index in [0.717, 1.165) is 16.7 Å². The molecule has 0 saturated carbocycles. The van der Waals surface area contributed by atoms with Crippen molar-refractivity contribution in [1.29, 1.82) is 0 Å². The van der Waals surface area contributed by atoms with Gasteiger partial charge in [-0.25, -0.2) is 0 Å². The summed E-state index contributed by atoms with van der Waals surface area (Å²) in [5.41, 5.74) is 4.24. The van der Waals surface area contributed by atoms with Gasteiger partial charge >= 0.3 is 0 Å². The number of hydrogen-bond acceptors (Lipinski definition) is 2. The zero-order valence-electron chi connectivity index (χ0n) is 14.7. The number of halogens is 1. The topological polar surface area (TPSA) is 42.0 Å². The standard InChI is InChI=1S/C22H21ClN2O/c1-16-4-2-5-17(12-16)15-25-22(26)21(13-18-6-3-11-24-14-18)19-7-9-20(23)10-8-19/h2-12,14,21H,13,15H2,1H3,(H,25,26). The third kappa shape index (κ3) is 4.93. The molecule has 0 aliphatic carbocycles. The quantitative estimate of drug-likeness (QED) is 0.689. The molecule has 1 unspecified atom stereocenters. The number of amides is 1. The van der Waals surface area contributed by atoms with Crippen molar-refractivity contribution in [3.8, 4) is 0 Å². The molecule has 132 valence electrons. The van der Waals surface area contributed by atoms with Crippen LogP contribution in [0.15, 0.2) is 73.1 Å². The Bertz CT molecular complexity index is 863. The first-order valence-corrected chi connectivity index (χ1v) is 8.97. The summed E-state index contributed by atoms with van der Waals surface area (Å²) in [6.45, 7) is 2.56. The number of carbonyl (C=O) groups excluding carboxylic acids is 1. The Kier molecular flexibility index (Phi) is 6.03. The van der Waals surface area contributed by atoms with Gasteiger partial charge in [-0.2, -0.15) is 0 Å². The molecule has 26 heavy (non-hydrogen) atoms. The van der Waals surface area contributed by atoms with Crippen LogP contribution in [-0.2, 0) is 17.8 Å². The zero-order chi connectivity index (χ0) is 18.4. The lowest BCUT2D eigenvalue weighted by Crippen LogP contribution is -2.30. The molecule has 0 aliphatic rings. The van der Waals surface area contributed by atoms with E-state index in [0.29, 0.717) is 18.0 Å². The largest absolute Gasteiger partial charge is 0.351 e. The fourth-order valence-corrected chi connectivity index (χ4v) is 3.07. The van der Waals surface area contributed by atoms with Crippen molar-refractivity contribution in [1.82, 2.24) is 10.3 Å². The summed E-state index contributed by atoms with van der Waals surface area (Å²) < 4.78 is 0. The average Bonchev–Trinajstić information content (AvgIpc) is 2.66. The number of carbonyl (C=O) groups is 1. The predicted octanol–water partition coefficient (Wildman–Crippen LogP) is 4.69. The van der Waals surface area contributed by atoms with Crippen LogP contribution in [0.3, 0.4) is 0 Å². The molecule has 4 heteroatoms. The highest BCUT2D eigenvalue weighted by Gasteiger charge is 2.21. The minimum atomic E-state index is -0.290. The number of nitrogens with one attached hydrogen (secondary N) is 1. The van der Waals surface area contributed by atoms with Crippen molar-refractivity contribution in [3.05, 3.63) is 100 Å². The number of pyridine rings is 1. The van der Waals surface area contributed by atoms with Gasteiger partial charge in [-0.05, 0) is 48.2 Å². The molecule has 3 rings (SSSR count). The van der Waals surface area contributed by atoms with Crippen LogP contribution in [0.5, 0.6) is 0 Å². The average molecular weight is 365 g/mol. The first-order valence-electron chi connectivity index (χ1n) is 8.59. The van der Waals surface area contributed by atoms with Crippen LogP contribution in [0.1, 0.15) is 28.2 Å². The fraction of sp³-hybridized carbons (Fsp3) is 0.182. The molecule has 0 radical (unpaired) electrons. The molecule has 1 N–H and O–H groups in total. The second-order valence-electron chi connectivity index (χ2n) is 6.38. The summed E-state index contributed by atoms with van der Waals surface area (Å²) in [5.74, 6) is -0.293. The molecule has 2 aromatic carbocycles. The van der Waals surface area contributed by atoms with Crippen LogP contribution in [0.2, 0.25) is 5.02 Å². The highest BCUT2D eigenvalue weighted by Crippen LogP contribution is 2.23. The lowest BCUT2D eigenvalue weighted by molar-refractivity contribution is -0.122. The summed E-state index contributed by atoms with van der Waals surface area (Å²) in [4.78, 5) is 17.1. The summed E-state index contributed by atoms with van der Waals surface area (Å²) in [7, 11) is 0. The maximum absolute atomic E-state index is 12.9. The number of hydrogen-bond donors (Lipinski definition) is 1. The van der Waals surface area contributed by atoms with Gasteiger partial charge in [0.25, 0.3) is 0 Å². The van der Waals surface area contributed by atoms with Crippen molar-refractivity contribution in [3.63, 3.8) is 0 Å². The fourth-order valence-electron chi connectivity index (χ4n) is 2.95. The monoisotopic (exact) mass is 364 g/mol. The van der Waals surface area contributed by atoms with E-state index < -0.39 is 0 Å². The second-order valence-corrected chi connectivity index (χ2v) is 6.81. The number of benzene rings is 2. The molecule has 3 aromatic rings. The van der Waals surface area contributed by atoms with E-state index in [1.54, 1.807) is 12.4 Å². The van der Waals surface area contributed by atoms with E-state index in [1.165, 1.54) is 5.56 Å². The highest BCUT2D eigenvalue weighted by atomic mass is 35.5. The maximum Gasteiger partial charge on any atom is 0.228 e. The Morgan fingerprint density at radius 2 is 1.85 bits per heavy atom. The Morgan fingerprint density at radius 3 is 2.54 bits per heavy atom. The van der Waals surface area contributed by atoms with Gasteiger partial charge in [0.15, 0.2) is 0 Å². The third-order valence-corrected chi connectivity index (χ3v) is 4.55. The Morgan fingerprint density at radius 1 is 1.08 bits per heavy atom. The lowest BCUT2D eigenvalue weighted by atomic mass is 9.91. The van der Waals surface area contributed by atoms with Crippen LogP contribution in [-0.4, -0.2) is 10.9 Å². The molecular formula is C22H21ClN2O. The molecule has 1 atom stereocenters. The van der Waals surface area contributed by atoms with Gasteiger partial charge in [-0.15, -0.1) is 0 Å². The molecule has 1 amide bonds. The van der Waals surface area contributed by atoms with E-state index in [1.807, 2.05) is 61.5 Å². The van der Waals surface area contributed by atoms with Crippen LogP contribution < -0.4 is 5.32 Å². The molecule has 3 nitrogen and oxygen atoms in total. The van der Waals surface area contributed by atoms with Gasteiger partial charge in [0.1, 0.15) is 0 Å². The Balaban J connectivity index is 1.77. The Hall–Kier alpha value is -2.65. The van der Waals surface area contributed by atoms with Crippen molar-refractivity contribution in [2.24, 2.45) is 0 Å². The minimum Gasteiger partial charge on any atom is -0.351 e. The van der Waals surface area contributed by atoms with Gasteiger partial charge in [0, 0.05) is 24.0 Å².